The van der Waals surface area contributed by atoms with Crippen molar-refractivity contribution < 1.29 is 0 Å². The first kappa shape index (κ1) is 85.5. The quantitative estimate of drug-likeness (QED) is 0.155. The Balaban J connectivity index is 0.000000147. The Labute approximate surface area is 708 Å². The predicted molar refractivity (Wildman–Crippen MR) is 495 cm³/mol. The Morgan fingerprint density at radius 2 is 0.500 bits per heavy atom. The van der Waals surface area contributed by atoms with Gasteiger partial charge in [-0.15, -0.1) is 0 Å². The zero-order valence-electron chi connectivity index (χ0n) is 72.4. The Kier molecular flexibility index (Phi) is 24.3. The van der Waals surface area contributed by atoms with Crippen LogP contribution in [0.5, 0.6) is 0 Å². The maximum Gasteiger partial charge on any atom is 0.219 e. The van der Waals surface area contributed by atoms with E-state index in [1.54, 1.807) is 30.3 Å². The monoisotopic (exact) mass is 1580 g/mol. The lowest BCUT2D eigenvalue weighted by molar-refractivity contribution is 0.731. The number of aryl methyl sites for hydroxylation is 11. The average Bonchev–Trinajstić information content (AvgIpc) is 1.61. The summed E-state index contributed by atoms with van der Waals surface area (Å²) < 4.78 is 0. The molecule has 10 aromatic rings. The van der Waals surface area contributed by atoms with Gasteiger partial charge in [0.2, 0.25) is 34.1 Å². The molecule has 15 rings (SSSR count). The minimum Gasteiger partial charge on any atom is -0.354 e. The summed E-state index contributed by atoms with van der Waals surface area (Å²) in [6, 6.07) is 41.5. The van der Waals surface area contributed by atoms with Crippen LogP contribution in [0.2, 0.25) is 0 Å². The number of para-hydroxylation sites is 1. The molecule has 596 valence electrons. The second kappa shape index (κ2) is 34.2. The molecule has 5 aliphatic heterocycles. The molecule has 5 atom stereocenters. The molecule has 10 aromatic carbocycles. The first-order valence-electron chi connectivity index (χ1n) is 39.2. The summed E-state index contributed by atoms with van der Waals surface area (Å²) >= 11 is 0. The van der Waals surface area contributed by atoms with Crippen LogP contribution in [-0.4, -0.2) is 66.1 Å². The van der Waals surface area contributed by atoms with Gasteiger partial charge in [0.05, 0.1) is 106 Å². The topological polar surface area (TPSA) is 80.4 Å². The van der Waals surface area contributed by atoms with E-state index in [1.165, 1.54) is 61.2 Å². The number of rotatable bonds is 5. The van der Waals surface area contributed by atoms with E-state index in [9.17, 15) is 0 Å². The van der Waals surface area contributed by atoms with Crippen molar-refractivity contribution in [3.8, 4) is 0 Å². The summed E-state index contributed by atoms with van der Waals surface area (Å²) in [6.07, 6.45) is 0.286. The maximum absolute atomic E-state index is 7.63. The normalized spacial score (nSPS) is 15.8. The molecule has 5 heterocycles. The summed E-state index contributed by atoms with van der Waals surface area (Å²) in [5, 5.41) is 0. The minimum atomic E-state index is -0.0570. The molecule has 0 fully saturated rings. The fraction of sp³-hybridized carbons (Fsp3) is 0.283. The molecule has 120 heavy (non-hydrogen) atoms. The highest BCUT2D eigenvalue weighted by Crippen LogP contribution is 2.60. The van der Waals surface area contributed by atoms with E-state index >= 15 is 0 Å². The molecule has 21 heteroatoms. The van der Waals surface area contributed by atoms with Crippen LogP contribution < -0.4 is 49.0 Å². The number of benzene rings is 10. The highest BCUT2D eigenvalue weighted by molar-refractivity contribution is 6.05. The molecule has 0 unspecified atom stereocenters. The van der Waals surface area contributed by atoms with Crippen molar-refractivity contribution in [2.75, 3.05) is 84.2 Å². The van der Waals surface area contributed by atoms with E-state index in [1.807, 2.05) is 109 Å². The molecule has 0 saturated heterocycles. The highest BCUT2D eigenvalue weighted by Gasteiger charge is 2.42. The van der Waals surface area contributed by atoms with Gasteiger partial charge >= 0.3 is 0 Å². The lowest BCUT2D eigenvalue weighted by Crippen LogP contribution is -2.36. The molecule has 0 aliphatic carbocycles. The van der Waals surface area contributed by atoms with Crippen molar-refractivity contribution in [1.82, 2.24) is 0 Å². The highest BCUT2D eigenvalue weighted by atomic mass is 15.4. The van der Waals surface area contributed by atoms with Crippen molar-refractivity contribution in [3.05, 3.63) is 325 Å². The van der Waals surface area contributed by atoms with Gasteiger partial charge in [0.25, 0.3) is 0 Å². The lowest BCUT2D eigenvalue weighted by atomic mass is 10.0. The van der Waals surface area contributed by atoms with Crippen molar-refractivity contribution in [3.63, 3.8) is 0 Å². The van der Waals surface area contributed by atoms with Crippen molar-refractivity contribution in [1.29, 1.82) is 0 Å². The van der Waals surface area contributed by atoms with E-state index in [0.29, 0.717) is 62.6 Å². The van der Waals surface area contributed by atoms with Gasteiger partial charge in [-0.3, -0.25) is 24.2 Å². The summed E-state index contributed by atoms with van der Waals surface area (Å²) in [7, 11) is 10.1. The second-order valence-corrected chi connectivity index (χ2v) is 31.1. The van der Waals surface area contributed by atoms with Gasteiger partial charge in [-0.2, -0.15) is 0 Å². The van der Waals surface area contributed by atoms with Gasteiger partial charge in [0.15, 0.2) is 28.4 Å². The van der Waals surface area contributed by atoms with Gasteiger partial charge in [-0.05, 0) is 234 Å². The first-order valence-corrected chi connectivity index (χ1v) is 39.2. The molecule has 0 saturated carbocycles. The number of hydrogen-bond acceptors (Lipinski definition) is 10. The molecule has 0 radical (unpaired) electrons. The van der Waals surface area contributed by atoms with Crippen LogP contribution in [0.1, 0.15) is 107 Å². The Morgan fingerprint density at radius 3 is 0.858 bits per heavy atom. The van der Waals surface area contributed by atoms with Crippen LogP contribution >= 0.6 is 0 Å². The second-order valence-electron chi connectivity index (χ2n) is 31.1. The summed E-state index contributed by atoms with van der Waals surface area (Å²) in [4.78, 5) is 61.4. The van der Waals surface area contributed by atoms with Gasteiger partial charge in [0, 0.05) is 86.4 Å². The van der Waals surface area contributed by atoms with E-state index in [-0.39, 0.29) is 30.8 Å². The van der Waals surface area contributed by atoms with Crippen LogP contribution in [0.25, 0.3) is 53.3 Å². The van der Waals surface area contributed by atoms with Crippen LogP contribution in [0.15, 0.2) is 127 Å². The standard InChI is InChI=1S/C20H17N5.3C20H20N4.C19H18N4/c1-12-10-13(2)19(16(11-12)22-5)25-14(3)24(7)17-9-8-15(21-4)18(23-6)20(17)25;1-12-10-14(3)18(11-13(12)2)24-15(4)23(7)17-9-8-16(21-5)19(22-6)20(17)24;1-12-10-13(2)14(3)18(11-12)24-15(4)23(7)17-9-8-16(21-5)19(22-6)20(17)24;1-12-8-9-13(2)19(14(12)3)24-15(4)23(7)17-11-10-16(21-5)18(22-6)20(17)24;1-12-8-7-9-13(2)18(12)23-14(3)22(6)16-11-10-15(20-4)17(21-5)19(16)23/h8-11,14H,1-3,7H3;3*8-11,15H,1-4,7H3;7-11,14H,1-3,6H3/t14-;3*15-;14-/m00000/s1. The third-order valence-corrected chi connectivity index (χ3v) is 24.2. The SMILES string of the molecule is [C-]#[N+]c1ccc2c(c1[N+]#[C-])N(c1c(C)cc(C)cc1[N+]#[C-])[C@@H](C)N2C.[C-]#[N+]c1ccc2c(c1[N+]#[C-])N(c1c(C)ccc(C)c1C)[C@@H](C)N2C.[C-]#[N+]c1ccc2c(c1[N+]#[C-])N(c1c(C)cccc1C)[C@@H](C)N2C.[C-]#[N+]c1ccc2c(c1[N+]#[C-])N(c1cc(C)c(C)cc1C)[C@@H](C)N2C.[C-]#[N+]c1ccc2c(c1[N+]#[C-])N(c1cc(C)cc(C)c1C)[C@@H](C)N2C. The Bertz CT molecular complexity index is 6380. The molecule has 0 spiro atoms. The number of anilines is 15. The van der Waals surface area contributed by atoms with E-state index in [4.69, 9.17) is 72.3 Å². The van der Waals surface area contributed by atoms with Crippen LogP contribution in [0.4, 0.5) is 148 Å². The van der Waals surface area contributed by atoms with Crippen LogP contribution in [0, 0.1) is 162 Å². The van der Waals surface area contributed by atoms with Crippen molar-refractivity contribution in [2.24, 2.45) is 0 Å². The Hall–Kier alpha value is -15.4. The first-order chi connectivity index (χ1) is 57.2. The van der Waals surface area contributed by atoms with E-state index in [0.717, 1.165) is 96.4 Å². The molecular formula is C99H95N21. The molecule has 0 aromatic heterocycles. The summed E-state index contributed by atoms with van der Waals surface area (Å²) in [6.45, 7) is 120. The van der Waals surface area contributed by atoms with Gasteiger partial charge in [0.1, 0.15) is 30.8 Å². The molecular weight excluding hydrogens is 1480 g/mol. The average molecular weight is 1580 g/mol. The largest absolute Gasteiger partial charge is 0.354 e. The lowest BCUT2D eigenvalue weighted by Gasteiger charge is -2.31. The molecule has 21 nitrogen and oxygen atoms in total. The molecule has 0 amide bonds. The zero-order chi connectivity index (χ0) is 87.8. The molecule has 0 bridgehead atoms. The van der Waals surface area contributed by atoms with Crippen LogP contribution in [0.3, 0.4) is 0 Å². The van der Waals surface area contributed by atoms with Crippen molar-refractivity contribution in [2.45, 2.75) is 155 Å². The smallest absolute Gasteiger partial charge is 0.219 e. The van der Waals surface area contributed by atoms with Gasteiger partial charge < -0.3 is 49.0 Å². The maximum atomic E-state index is 7.63. The van der Waals surface area contributed by atoms with Crippen molar-refractivity contribution >= 4 is 148 Å². The predicted octanol–water partition coefficient (Wildman–Crippen LogP) is 28.2. The fourth-order valence-electron chi connectivity index (χ4n) is 17.1. The Morgan fingerprint density at radius 1 is 0.208 bits per heavy atom. The third-order valence-electron chi connectivity index (χ3n) is 24.2. The zero-order valence-corrected chi connectivity index (χ0v) is 72.4. The fourth-order valence-corrected chi connectivity index (χ4v) is 17.1. The number of hydrogen-bond donors (Lipinski definition) is 0. The van der Waals surface area contributed by atoms with Crippen LogP contribution in [-0.2, 0) is 0 Å². The molecule has 0 N–H and O–H groups in total. The number of nitrogens with zero attached hydrogens (tertiary/aromatic N) is 21. The summed E-state index contributed by atoms with van der Waals surface area (Å²) in [5.74, 6) is 0. The minimum absolute atomic E-state index is 0.0570. The van der Waals surface area contributed by atoms with E-state index in [2.05, 4.69) is 250 Å². The third kappa shape index (κ3) is 14.5. The van der Waals surface area contributed by atoms with Gasteiger partial charge in [-0.1, -0.05) is 90.5 Å². The van der Waals surface area contributed by atoms with Gasteiger partial charge in [-0.25, -0.2) is 29.1 Å². The van der Waals surface area contributed by atoms with E-state index < -0.39 is 0 Å². The molecule has 5 aliphatic rings. The number of fused-ring (bicyclic) bond motifs is 5. The summed E-state index contributed by atoms with van der Waals surface area (Å²) in [5.41, 5.74) is 34.3.